The molecule has 7 nitrogen and oxygen atoms in total. The van der Waals surface area contributed by atoms with E-state index in [-0.39, 0.29) is 18.9 Å². The molecule has 0 unspecified atom stereocenters. The van der Waals surface area contributed by atoms with Gasteiger partial charge < -0.3 is 23.9 Å². The van der Waals surface area contributed by atoms with Crippen molar-refractivity contribution in [2.75, 3.05) is 20.8 Å². The van der Waals surface area contributed by atoms with Gasteiger partial charge >= 0.3 is 11.9 Å². The zero-order chi connectivity index (χ0) is 19.3. The van der Waals surface area contributed by atoms with E-state index < -0.39 is 11.9 Å². The van der Waals surface area contributed by atoms with Crippen molar-refractivity contribution in [3.63, 3.8) is 0 Å². The van der Waals surface area contributed by atoms with Gasteiger partial charge in [-0.25, -0.2) is 9.59 Å². The normalized spacial score (nSPS) is 10.3. The first-order valence-corrected chi connectivity index (χ1v) is 8.17. The second kappa shape index (κ2) is 8.42. The van der Waals surface area contributed by atoms with E-state index in [4.69, 9.17) is 18.9 Å². The maximum atomic E-state index is 12.5. The van der Waals surface area contributed by atoms with Crippen LogP contribution in [-0.2, 0) is 16.1 Å². The molecule has 140 valence electrons. The molecule has 0 aliphatic heterocycles. The van der Waals surface area contributed by atoms with Crippen molar-refractivity contribution in [2.45, 2.75) is 27.4 Å². The molecule has 2 rings (SSSR count). The fraction of sp³-hybridized carbons (Fsp3) is 0.368. The molecule has 0 saturated carbocycles. The quantitative estimate of drug-likeness (QED) is 0.762. The molecule has 1 N–H and O–H groups in total. The van der Waals surface area contributed by atoms with Gasteiger partial charge in [0.15, 0.2) is 0 Å². The van der Waals surface area contributed by atoms with E-state index in [9.17, 15) is 9.59 Å². The highest BCUT2D eigenvalue weighted by atomic mass is 16.5. The van der Waals surface area contributed by atoms with E-state index in [1.807, 2.05) is 0 Å². The minimum atomic E-state index is -0.531. The van der Waals surface area contributed by atoms with Gasteiger partial charge in [0, 0.05) is 11.3 Å². The van der Waals surface area contributed by atoms with Crippen LogP contribution in [0, 0.1) is 13.8 Å². The zero-order valence-electron chi connectivity index (χ0n) is 15.6. The highest BCUT2D eigenvalue weighted by Crippen LogP contribution is 2.26. The van der Waals surface area contributed by atoms with Crippen LogP contribution in [0.25, 0.3) is 0 Å². The summed E-state index contributed by atoms with van der Waals surface area (Å²) in [6.45, 7) is 5.38. The summed E-state index contributed by atoms with van der Waals surface area (Å²) < 4.78 is 20.9. The van der Waals surface area contributed by atoms with Crippen molar-refractivity contribution >= 4 is 11.9 Å². The minimum absolute atomic E-state index is 0.0119. The van der Waals surface area contributed by atoms with E-state index >= 15 is 0 Å². The van der Waals surface area contributed by atoms with E-state index in [1.165, 1.54) is 0 Å². The first-order chi connectivity index (χ1) is 12.4. The fourth-order valence-corrected chi connectivity index (χ4v) is 2.67. The number of benzene rings is 1. The van der Waals surface area contributed by atoms with E-state index in [0.29, 0.717) is 33.9 Å². The summed E-state index contributed by atoms with van der Waals surface area (Å²) in [7, 11) is 3.10. The molecule has 0 atom stereocenters. The molecule has 0 aliphatic rings. The molecule has 7 heteroatoms. The van der Waals surface area contributed by atoms with Crippen molar-refractivity contribution in [2.24, 2.45) is 0 Å². The average Bonchev–Trinajstić information content (AvgIpc) is 2.94. The van der Waals surface area contributed by atoms with Crippen molar-refractivity contribution in [3.8, 4) is 11.5 Å². The number of hydrogen-bond donors (Lipinski definition) is 1. The molecule has 0 spiro atoms. The number of aromatic nitrogens is 1. The predicted molar refractivity (Wildman–Crippen MR) is 94.9 cm³/mol. The molecule has 0 bridgehead atoms. The van der Waals surface area contributed by atoms with Crippen molar-refractivity contribution in [1.29, 1.82) is 0 Å². The van der Waals surface area contributed by atoms with Crippen molar-refractivity contribution in [1.82, 2.24) is 4.98 Å². The maximum absolute atomic E-state index is 12.5. The third kappa shape index (κ3) is 3.99. The predicted octanol–water partition coefficient (Wildman–Crippen LogP) is 3.18. The van der Waals surface area contributed by atoms with E-state index in [2.05, 4.69) is 4.98 Å². The molecule has 0 aliphatic carbocycles. The summed E-state index contributed by atoms with van der Waals surface area (Å²) >= 11 is 0. The second-order valence-corrected chi connectivity index (χ2v) is 5.60. The van der Waals surface area contributed by atoms with Gasteiger partial charge in [-0.2, -0.15) is 0 Å². The van der Waals surface area contributed by atoms with Gasteiger partial charge in [-0.15, -0.1) is 0 Å². The van der Waals surface area contributed by atoms with Crippen LogP contribution in [0.15, 0.2) is 18.2 Å². The lowest BCUT2D eigenvalue weighted by molar-refractivity contribution is 0.0468. The smallest absolute Gasteiger partial charge is 0.355 e. The molecule has 0 fully saturated rings. The molecular formula is C19H23NO6. The lowest BCUT2D eigenvalue weighted by Gasteiger charge is -2.11. The van der Waals surface area contributed by atoms with Crippen LogP contribution in [0.1, 0.15) is 44.6 Å². The number of carbonyl (C=O) groups excluding carboxylic acids is 2. The first-order valence-electron chi connectivity index (χ1n) is 8.17. The summed E-state index contributed by atoms with van der Waals surface area (Å²) in [5.41, 5.74) is 2.32. The number of aryl methyl sites for hydroxylation is 1. The van der Waals surface area contributed by atoms with Crippen LogP contribution in [0.5, 0.6) is 11.5 Å². The number of hydrogen-bond acceptors (Lipinski definition) is 6. The monoisotopic (exact) mass is 361 g/mol. The molecule has 1 aromatic heterocycles. The summed E-state index contributed by atoms with van der Waals surface area (Å²) in [6.07, 6.45) is 0. The summed E-state index contributed by atoms with van der Waals surface area (Å²) in [5, 5.41) is 0. The Hall–Kier alpha value is -2.96. The van der Waals surface area contributed by atoms with E-state index in [1.54, 1.807) is 53.2 Å². The van der Waals surface area contributed by atoms with Crippen LogP contribution in [0.2, 0.25) is 0 Å². The topological polar surface area (TPSA) is 86.9 Å². The van der Waals surface area contributed by atoms with Crippen molar-refractivity contribution in [3.05, 3.63) is 46.3 Å². The second-order valence-electron chi connectivity index (χ2n) is 5.60. The van der Waals surface area contributed by atoms with Gasteiger partial charge in [0.25, 0.3) is 0 Å². The maximum Gasteiger partial charge on any atom is 0.355 e. The third-order valence-corrected chi connectivity index (χ3v) is 3.97. The lowest BCUT2D eigenvalue weighted by atomic mass is 10.1. The van der Waals surface area contributed by atoms with Crippen molar-refractivity contribution < 1.29 is 28.5 Å². The highest BCUT2D eigenvalue weighted by Gasteiger charge is 2.24. The summed E-state index contributed by atoms with van der Waals surface area (Å²) in [6, 6.07) is 5.25. The average molecular weight is 361 g/mol. The number of aromatic amines is 1. The number of methoxy groups -OCH3 is 2. The number of H-pyrrole nitrogens is 1. The van der Waals surface area contributed by atoms with Crippen LogP contribution in [0.3, 0.4) is 0 Å². The van der Waals surface area contributed by atoms with E-state index in [0.717, 1.165) is 0 Å². The van der Waals surface area contributed by atoms with Crippen LogP contribution in [-0.4, -0.2) is 37.7 Å². The Kier molecular flexibility index (Phi) is 6.27. The molecular weight excluding hydrogens is 338 g/mol. The number of esters is 2. The summed E-state index contributed by atoms with van der Waals surface area (Å²) in [5.74, 6) is 0.196. The third-order valence-electron chi connectivity index (χ3n) is 3.97. The highest BCUT2D eigenvalue weighted by molar-refractivity contribution is 5.98. The lowest BCUT2D eigenvalue weighted by Crippen LogP contribution is -2.09. The number of rotatable bonds is 7. The Labute approximate surface area is 152 Å². The van der Waals surface area contributed by atoms with Gasteiger partial charge in [-0.3, -0.25) is 0 Å². The Balaban J connectivity index is 2.20. The first kappa shape index (κ1) is 19.4. The molecule has 1 aromatic carbocycles. The molecule has 26 heavy (non-hydrogen) atoms. The Morgan fingerprint density at radius 1 is 1.04 bits per heavy atom. The summed E-state index contributed by atoms with van der Waals surface area (Å²) in [4.78, 5) is 27.4. The molecule has 0 radical (unpaired) electrons. The van der Waals surface area contributed by atoms with Crippen LogP contribution in [0.4, 0.5) is 0 Å². The Morgan fingerprint density at radius 3 is 2.38 bits per heavy atom. The van der Waals surface area contributed by atoms with Crippen LogP contribution < -0.4 is 9.47 Å². The largest absolute Gasteiger partial charge is 0.497 e. The van der Waals surface area contributed by atoms with Gasteiger partial charge in [-0.05, 0) is 44.5 Å². The standard InChI is InChI=1S/C19H23NO6/c1-6-25-19(22)17-11(2)16(12(3)20-17)18(21)26-10-13-9-14(23-4)7-8-15(13)24-5/h7-9,20H,6,10H2,1-5H3. The molecule has 0 amide bonds. The van der Waals surface area contributed by atoms with Gasteiger partial charge in [-0.1, -0.05) is 0 Å². The number of nitrogens with one attached hydrogen (secondary N) is 1. The molecule has 1 heterocycles. The zero-order valence-corrected chi connectivity index (χ0v) is 15.6. The molecule has 0 saturated heterocycles. The van der Waals surface area contributed by atoms with Crippen LogP contribution >= 0.6 is 0 Å². The van der Waals surface area contributed by atoms with Gasteiger partial charge in [0.2, 0.25) is 0 Å². The SMILES string of the molecule is CCOC(=O)c1[nH]c(C)c(C(=O)OCc2cc(OC)ccc2OC)c1C. The number of ether oxygens (including phenoxy) is 4. The minimum Gasteiger partial charge on any atom is -0.497 e. The Bertz CT molecular complexity index is 809. The molecule has 2 aromatic rings. The number of carbonyl (C=O) groups is 2. The van der Waals surface area contributed by atoms with Gasteiger partial charge in [0.05, 0.1) is 26.4 Å². The fourth-order valence-electron chi connectivity index (χ4n) is 2.67. The van der Waals surface area contributed by atoms with Gasteiger partial charge in [0.1, 0.15) is 23.8 Å². The Morgan fingerprint density at radius 2 is 1.77 bits per heavy atom.